The molecule has 2 aromatic carbocycles. The molecule has 2 fully saturated rings. The molecule has 1 atom stereocenters. The number of likely N-dealkylation sites (tertiary alicyclic amines) is 1. The number of hydrogen-bond donors (Lipinski definition) is 1. The fourth-order valence-electron chi connectivity index (χ4n) is 6.12. The number of nitrogens with zero attached hydrogens (tertiary/aromatic N) is 1. The average Bonchev–Trinajstić information content (AvgIpc) is 3.38. The van der Waals surface area contributed by atoms with Crippen LogP contribution in [0.4, 0.5) is 0 Å². The Labute approximate surface area is 228 Å². The highest BCUT2D eigenvalue weighted by Gasteiger charge is 2.32. The number of ether oxygens (including phenoxy) is 3. The third-order valence-electron chi connectivity index (χ3n) is 8.07. The molecule has 0 spiro atoms. The summed E-state index contributed by atoms with van der Waals surface area (Å²) in [5.74, 6) is 2.30. The summed E-state index contributed by atoms with van der Waals surface area (Å²) >= 11 is 0. The molecular weight excluding hydrogens is 476 g/mol. The van der Waals surface area contributed by atoms with Gasteiger partial charge in [0, 0.05) is 24.7 Å². The van der Waals surface area contributed by atoms with Crippen molar-refractivity contribution < 1.29 is 19.0 Å². The molecule has 0 radical (unpaired) electrons. The summed E-state index contributed by atoms with van der Waals surface area (Å²) < 4.78 is 17.2. The van der Waals surface area contributed by atoms with Crippen molar-refractivity contribution in [3.05, 3.63) is 58.7 Å². The Hall–Kier alpha value is -2.99. The Balaban J connectivity index is 1.58. The molecule has 2 aliphatic rings. The van der Waals surface area contributed by atoms with Crippen molar-refractivity contribution in [3.8, 4) is 17.2 Å². The summed E-state index contributed by atoms with van der Waals surface area (Å²) in [6, 6.07) is 12.3. The van der Waals surface area contributed by atoms with Gasteiger partial charge in [-0.1, -0.05) is 61.2 Å². The highest BCUT2D eigenvalue weighted by atomic mass is 16.5. The minimum atomic E-state index is -0.128. The second-order valence-electron chi connectivity index (χ2n) is 10.8. The SMILES string of the molecule is COc1cc(C(=O)NCC(C)=Cc2ccccc2)c(C[C@@H]2CCCN2CC2CCCCC2)c(OC)c1OC. The molecular formula is C32H44N2O4. The lowest BCUT2D eigenvalue weighted by atomic mass is 9.88. The van der Waals surface area contributed by atoms with E-state index in [9.17, 15) is 4.79 Å². The van der Waals surface area contributed by atoms with E-state index in [1.54, 1.807) is 21.3 Å². The molecule has 1 saturated heterocycles. The molecule has 6 nitrogen and oxygen atoms in total. The smallest absolute Gasteiger partial charge is 0.252 e. The number of methoxy groups -OCH3 is 3. The molecule has 206 valence electrons. The van der Waals surface area contributed by atoms with E-state index >= 15 is 0 Å². The lowest BCUT2D eigenvalue weighted by molar-refractivity contribution is 0.0954. The quantitative estimate of drug-likeness (QED) is 0.386. The Kier molecular flexibility index (Phi) is 10.1. The second kappa shape index (κ2) is 13.7. The monoisotopic (exact) mass is 520 g/mol. The van der Waals surface area contributed by atoms with Crippen LogP contribution in [-0.4, -0.2) is 57.8 Å². The lowest BCUT2D eigenvalue weighted by Gasteiger charge is -2.31. The molecule has 6 heteroatoms. The largest absolute Gasteiger partial charge is 0.493 e. The third-order valence-corrected chi connectivity index (χ3v) is 8.07. The van der Waals surface area contributed by atoms with Gasteiger partial charge in [0.25, 0.3) is 5.91 Å². The van der Waals surface area contributed by atoms with Gasteiger partial charge in [-0.05, 0) is 63.1 Å². The van der Waals surface area contributed by atoms with E-state index in [1.807, 2.05) is 31.2 Å². The van der Waals surface area contributed by atoms with Crippen LogP contribution in [0, 0.1) is 5.92 Å². The molecule has 1 heterocycles. The average molecular weight is 521 g/mol. The maximum atomic E-state index is 13.6. The van der Waals surface area contributed by atoms with Crippen LogP contribution in [-0.2, 0) is 6.42 Å². The highest BCUT2D eigenvalue weighted by Crippen LogP contribution is 2.43. The van der Waals surface area contributed by atoms with E-state index in [2.05, 4.69) is 28.4 Å². The first-order valence-electron chi connectivity index (χ1n) is 14.1. The standard InChI is InChI=1S/C32H44N2O4/c1-23(18-24-12-7-5-8-13-24)21-33-32(35)28-20-29(36-2)31(38-4)30(37-3)27(28)19-26-16-11-17-34(26)22-25-14-9-6-10-15-25/h5,7-8,12-13,18,20,25-26H,6,9-11,14-17,19,21-22H2,1-4H3,(H,33,35)/t26-/m0/s1. The number of carbonyl (C=O) groups excluding carboxylic acids is 1. The number of nitrogens with one attached hydrogen (secondary N) is 1. The summed E-state index contributed by atoms with van der Waals surface area (Å²) in [6.07, 6.45) is 11.9. The molecule has 0 bridgehead atoms. The number of benzene rings is 2. The van der Waals surface area contributed by atoms with E-state index in [1.165, 1.54) is 38.5 Å². The Morgan fingerprint density at radius 3 is 2.39 bits per heavy atom. The summed E-state index contributed by atoms with van der Waals surface area (Å²) in [4.78, 5) is 16.3. The highest BCUT2D eigenvalue weighted by molar-refractivity contribution is 5.97. The molecule has 1 N–H and O–H groups in total. The van der Waals surface area contributed by atoms with Crippen LogP contribution in [0.2, 0.25) is 0 Å². The van der Waals surface area contributed by atoms with Crippen molar-refractivity contribution in [2.75, 3.05) is 41.0 Å². The minimum Gasteiger partial charge on any atom is -0.493 e. The molecule has 1 saturated carbocycles. The molecule has 0 unspecified atom stereocenters. The second-order valence-corrected chi connectivity index (χ2v) is 10.8. The molecule has 1 aliphatic heterocycles. The number of amides is 1. The zero-order chi connectivity index (χ0) is 26.9. The maximum absolute atomic E-state index is 13.6. The van der Waals surface area contributed by atoms with E-state index in [0.29, 0.717) is 35.4 Å². The van der Waals surface area contributed by atoms with Crippen molar-refractivity contribution >= 4 is 12.0 Å². The van der Waals surface area contributed by atoms with Gasteiger partial charge in [-0.25, -0.2) is 0 Å². The Morgan fingerprint density at radius 1 is 0.974 bits per heavy atom. The van der Waals surface area contributed by atoms with Crippen LogP contribution < -0.4 is 19.5 Å². The van der Waals surface area contributed by atoms with Gasteiger partial charge in [0.05, 0.1) is 26.9 Å². The van der Waals surface area contributed by atoms with Crippen LogP contribution in [0.5, 0.6) is 17.2 Å². The fraction of sp³-hybridized carbons (Fsp3) is 0.531. The summed E-state index contributed by atoms with van der Waals surface area (Å²) in [6.45, 7) is 4.78. The molecule has 0 aromatic heterocycles. The van der Waals surface area contributed by atoms with Crippen molar-refractivity contribution in [2.24, 2.45) is 5.92 Å². The minimum absolute atomic E-state index is 0.128. The van der Waals surface area contributed by atoms with Crippen LogP contribution in [0.15, 0.2) is 42.0 Å². The normalized spacial score (nSPS) is 18.8. The van der Waals surface area contributed by atoms with E-state index < -0.39 is 0 Å². The van der Waals surface area contributed by atoms with Crippen molar-refractivity contribution in [1.82, 2.24) is 10.2 Å². The van der Waals surface area contributed by atoms with Gasteiger partial charge in [0.1, 0.15) is 0 Å². The first-order chi connectivity index (χ1) is 18.5. The van der Waals surface area contributed by atoms with Gasteiger partial charge in [0.2, 0.25) is 5.75 Å². The number of rotatable bonds is 11. The fourth-order valence-corrected chi connectivity index (χ4v) is 6.12. The van der Waals surface area contributed by atoms with Crippen LogP contribution in [0.1, 0.15) is 73.4 Å². The molecule has 2 aromatic rings. The summed E-state index contributed by atoms with van der Waals surface area (Å²) in [5, 5.41) is 3.13. The molecule has 38 heavy (non-hydrogen) atoms. The summed E-state index contributed by atoms with van der Waals surface area (Å²) in [7, 11) is 4.85. The van der Waals surface area contributed by atoms with Gasteiger partial charge < -0.3 is 19.5 Å². The van der Waals surface area contributed by atoms with Gasteiger partial charge in [-0.2, -0.15) is 0 Å². The van der Waals surface area contributed by atoms with Gasteiger partial charge >= 0.3 is 0 Å². The Morgan fingerprint density at radius 2 is 1.71 bits per heavy atom. The van der Waals surface area contributed by atoms with Crippen molar-refractivity contribution in [3.63, 3.8) is 0 Å². The Bertz CT molecular complexity index is 1090. The van der Waals surface area contributed by atoms with Gasteiger partial charge in [-0.15, -0.1) is 0 Å². The third kappa shape index (κ3) is 6.90. The topological polar surface area (TPSA) is 60.0 Å². The lowest BCUT2D eigenvalue weighted by Crippen LogP contribution is -2.36. The zero-order valence-electron chi connectivity index (χ0n) is 23.6. The van der Waals surface area contributed by atoms with Crippen LogP contribution in [0.25, 0.3) is 6.08 Å². The predicted octanol–water partition coefficient (Wildman–Crippen LogP) is 6.13. The molecule has 4 rings (SSSR count). The van der Waals surface area contributed by atoms with E-state index in [0.717, 1.165) is 48.5 Å². The maximum Gasteiger partial charge on any atom is 0.252 e. The molecule has 1 aliphatic carbocycles. The van der Waals surface area contributed by atoms with Gasteiger partial charge in [0.15, 0.2) is 11.5 Å². The zero-order valence-corrected chi connectivity index (χ0v) is 23.6. The number of hydrogen-bond acceptors (Lipinski definition) is 5. The van der Waals surface area contributed by atoms with Crippen molar-refractivity contribution in [2.45, 2.75) is 64.3 Å². The van der Waals surface area contributed by atoms with Crippen LogP contribution >= 0.6 is 0 Å². The molecule has 1 amide bonds. The first-order valence-corrected chi connectivity index (χ1v) is 14.1. The van der Waals surface area contributed by atoms with Crippen molar-refractivity contribution in [1.29, 1.82) is 0 Å². The van der Waals surface area contributed by atoms with E-state index in [4.69, 9.17) is 14.2 Å². The van der Waals surface area contributed by atoms with Gasteiger partial charge in [-0.3, -0.25) is 9.69 Å². The number of carbonyl (C=O) groups is 1. The first kappa shape index (κ1) is 28.0. The van der Waals surface area contributed by atoms with E-state index in [-0.39, 0.29) is 5.91 Å². The summed E-state index contributed by atoms with van der Waals surface area (Å²) in [5.41, 5.74) is 3.68. The predicted molar refractivity (Wildman–Crippen MR) is 153 cm³/mol. The van der Waals surface area contributed by atoms with Crippen LogP contribution in [0.3, 0.4) is 0 Å².